The second kappa shape index (κ2) is 3.42. The van der Waals surface area contributed by atoms with Crippen molar-refractivity contribution in [2.75, 3.05) is 5.75 Å². The highest BCUT2D eigenvalue weighted by Crippen LogP contribution is 2.66. The highest BCUT2D eigenvalue weighted by Gasteiger charge is 2.67. The Kier molecular flexibility index (Phi) is 2.57. The van der Waals surface area contributed by atoms with Crippen LogP contribution in [0.2, 0.25) is 0 Å². The van der Waals surface area contributed by atoms with Crippen LogP contribution in [0.1, 0.15) is 33.6 Å². The minimum atomic E-state index is -4.14. The Morgan fingerprint density at radius 3 is 2.47 bits per heavy atom. The van der Waals surface area contributed by atoms with Gasteiger partial charge in [0, 0.05) is 0 Å². The van der Waals surface area contributed by atoms with Crippen molar-refractivity contribution < 1.29 is 17.8 Å². The quantitative estimate of drug-likeness (QED) is 0.606. The Morgan fingerprint density at radius 1 is 1.47 bits per heavy atom. The highest BCUT2D eigenvalue weighted by atomic mass is 32.2. The van der Waals surface area contributed by atoms with E-state index in [0.29, 0.717) is 6.42 Å². The van der Waals surface area contributed by atoms with Gasteiger partial charge < -0.3 is 0 Å². The molecule has 2 rings (SSSR count). The van der Waals surface area contributed by atoms with Gasteiger partial charge in [-0.1, -0.05) is 19.9 Å². The minimum Gasteiger partial charge on any atom is -0.294 e. The molecule has 0 aromatic heterocycles. The molecule has 4 nitrogen and oxygen atoms in total. The molecule has 2 atom stereocenters. The molecule has 0 aliphatic heterocycles. The Balaban J connectivity index is 2.56. The second-order valence-corrected chi connectivity index (χ2v) is 7.15. The molecule has 0 heterocycles. The van der Waals surface area contributed by atoms with Crippen LogP contribution in [-0.4, -0.2) is 24.5 Å². The van der Waals surface area contributed by atoms with Crippen molar-refractivity contribution in [3.63, 3.8) is 0 Å². The molecule has 0 radical (unpaired) electrons. The molecule has 0 amide bonds. The summed E-state index contributed by atoms with van der Waals surface area (Å²) in [6.45, 7) is 5.68. The van der Waals surface area contributed by atoms with Crippen LogP contribution in [0.5, 0.6) is 0 Å². The first-order valence-electron chi connectivity index (χ1n) is 5.82. The van der Waals surface area contributed by atoms with E-state index in [9.17, 15) is 13.2 Å². The molecule has 2 bridgehead atoms. The van der Waals surface area contributed by atoms with E-state index >= 15 is 0 Å². The number of ketones is 1. The van der Waals surface area contributed by atoms with Gasteiger partial charge in [-0.25, -0.2) is 0 Å². The molecule has 2 unspecified atom stereocenters. The summed E-state index contributed by atoms with van der Waals surface area (Å²) in [5, 5.41) is 0. The monoisotopic (exact) mass is 258 g/mol. The molecular weight excluding hydrogens is 240 g/mol. The first-order valence-corrected chi connectivity index (χ1v) is 7.43. The Bertz CT molecular complexity index is 501. The van der Waals surface area contributed by atoms with Crippen molar-refractivity contribution in [2.24, 2.45) is 16.7 Å². The lowest BCUT2D eigenvalue weighted by Crippen LogP contribution is -2.42. The zero-order valence-electron chi connectivity index (χ0n) is 10.4. The van der Waals surface area contributed by atoms with Gasteiger partial charge in [0.1, 0.15) is 0 Å². The van der Waals surface area contributed by atoms with E-state index in [1.165, 1.54) is 0 Å². The van der Waals surface area contributed by atoms with E-state index in [1.807, 2.05) is 20.8 Å². The summed E-state index contributed by atoms with van der Waals surface area (Å²) < 4.78 is 31.5. The summed E-state index contributed by atoms with van der Waals surface area (Å²) in [4.78, 5) is 12.4. The van der Waals surface area contributed by atoms with Crippen LogP contribution in [0.3, 0.4) is 0 Å². The highest BCUT2D eigenvalue weighted by molar-refractivity contribution is 7.85. The average molecular weight is 258 g/mol. The number of Topliss-reactive ketones (excluding diaryl/α,β-unsaturated/α-hetero) is 1. The summed E-state index contributed by atoms with van der Waals surface area (Å²) in [5.74, 6) is -0.403. The standard InChI is InChI=1S/C12H18O4S/c1-4-8-9-5-6-12(10(8)13,11(9,2)3)7-17(14,15)16/h4,9H,5-7H2,1-3H3,(H,14,15,16). The van der Waals surface area contributed by atoms with E-state index in [4.69, 9.17) is 4.55 Å². The molecular formula is C12H18O4S. The summed E-state index contributed by atoms with van der Waals surface area (Å²) >= 11 is 0. The third-order valence-electron chi connectivity index (χ3n) is 4.78. The van der Waals surface area contributed by atoms with Crippen molar-refractivity contribution in [3.8, 4) is 0 Å². The van der Waals surface area contributed by atoms with Crippen LogP contribution >= 0.6 is 0 Å². The first kappa shape index (κ1) is 12.8. The van der Waals surface area contributed by atoms with Crippen molar-refractivity contribution >= 4 is 15.9 Å². The maximum absolute atomic E-state index is 12.4. The number of rotatable bonds is 2. The minimum absolute atomic E-state index is 0.0844. The number of hydrogen-bond acceptors (Lipinski definition) is 3. The number of carbonyl (C=O) groups excluding carboxylic acids is 1. The van der Waals surface area contributed by atoms with Gasteiger partial charge in [0.25, 0.3) is 10.1 Å². The Morgan fingerprint density at radius 2 is 2.06 bits per heavy atom. The van der Waals surface area contributed by atoms with Crippen molar-refractivity contribution in [2.45, 2.75) is 33.6 Å². The van der Waals surface area contributed by atoms with Gasteiger partial charge in [0.15, 0.2) is 5.78 Å². The van der Waals surface area contributed by atoms with Crippen LogP contribution < -0.4 is 0 Å². The lowest BCUT2D eigenvalue weighted by molar-refractivity contribution is -0.125. The molecule has 0 spiro atoms. The van der Waals surface area contributed by atoms with Crippen LogP contribution in [-0.2, 0) is 14.9 Å². The number of fused-ring (bicyclic) bond motifs is 2. The molecule has 17 heavy (non-hydrogen) atoms. The number of allylic oxidation sites excluding steroid dienone is 2. The smallest absolute Gasteiger partial charge is 0.265 e. The molecule has 0 saturated heterocycles. The van der Waals surface area contributed by atoms with Gasteiger partial charge in [-0.2, -0.15) is 8.42 Å². The zero-order chi connectivity index (χ0) is 13.1. The van der Waals surface area contributed by atoms with Crippen molar-refractivity contribution in [1.82, 2.24) is 0 Å². The van der Waals surface area contributed by atoms with Crippen molar-refractivity contribution in [1.29, 1.82) is 0 Å². The van der Waals surface area contributed by atoms with Gasteiger partial charge in [-0.05, 0) is 36.7 Å². The Labute approximate surface area is 102 Å². The summed E-state index contributed by atoms with van der Waals surface area (Å²) in [6, 6.07) is 0. The van der Waals surface area contributed by atoms with E-state index < -0.39 is 21.3 Å². The van der Waals surface area contributed by atoms with E-state index in [-0.39, 0.29) is 17.1 Å². The van der Waals surface area contributed by atoms with Crippen LogP contribution in [0.15, 0.2) is 11.6 Å². The fraction of sp³-hybridized carbons (Fsp3) is 0.750. The van der Waals surface area contributed by atoms with E-state index in [1.54, 1.807) is 6.08 Å². The molecule has 2 fully saturated rings. The van der Waals surface area contributed by atoms with Gasteiger partial charge in [0.2, 0.25) is 0 Å². The molecule has 0 aromatic carbocycles. The zero-order valence-corrected chi connectivity index (χ0v) is 11.2. The van der Waals surface area contributed by atoms with Crippen LogP contribution in [0.25, 0.3) is 0 Å². The maximum Gasteiger partial charge on any atom is 0.265 e. The maximum atomic E-state index is 12.4. The normalized spacial score (nSPS) is 38.0. The predicted octanol–water partition coefficient (Wildman–Crippen LogP) is 1.83. The molecule has 1 N–H and O–H groups in total. The summed E-state index contributed by atoms with van der Waals surface area (Å²) in [7, 11) is -4.14. The number of hydrogen-bond donors (Lipinski definition) is 1. The van der Waals surface area contributed by atoms with Gasteiger partial charge >= 0.3 is 0 Å². The molecule has 5 heteroatoms. The second-order valence-electron chi connectivity index (χ2n) is 5.69. The molecule has 0 aromatic rings. The molecule has 2 saturated carbocycles. The van der Waals surface area contributed by atoms with E-state index in [2.05, 4.69) is 0 Å². The fourth-order valence-electron chi connectivity index (χ4n) is 3.76. The largest absolute Gasteiger partial charge is 0.294 e. The SMILES string of the molecule is CC=C1C(=O)C2(CS(=O)(=O)O)CCC1C2(C)C. The van der Waals surface area contributed by atoms with E-state index in [0.717, 1.165) is 12.0 Å². The average Bonchev–Trinajstić information content (AvgIpc) is 2.47. The topological polar surface area (TPSA) is 71.4 Å². The molecule has 2 aliphatic rings. The van der Waals surface area contributed by atoms with Gasteiger partial charge in [-0.15, -0.1) is 0 Å². The predicted molar refractivity (Wildman–Crippen MR) is 64.1 cm³/mol. The summed E-state index contributed by atoms with van der Waals surface area (Å²) in [6.07, 6.45) is 3.17. The molecule has 96 valence electrons. The van der Waals surface area contributed by atoms with Crippen molar-refractivity contribution in [3.05, 3.63) is 11.6 Å². The lowest BCUT2D eigenvalue weighted by Gasteiger charge is -2.34. The third-order valence-corrected chi connectivity index (χ3v) is 5.63. The first-order chi connectivity index (χ1) is 7.66. The van der Waals surface area contributed by atoms with Crippen LogP contribution in [0, 0.1) is 16.7 Å². The van der Waals surface area contributed by atoms with Crippen LogP contribution in [0.4, 0.5) is 0 Å². The lowest BCUT2D eigenvalue weighted by atomic mass is 9.70. The molecule has 2 aliphatic carbocycles. The van der Waals surface area contributed by atoms with Gasteiger partial charge in [-0.3, -0.25) is 9.35 Å². The Hall–Kier alpha value is -0.680. The summed E-state index contributed by atoms with van der Waals surface area (Å²) in [5.41, 5.74) is -0.570. The number of carbonyl (C=O) groups is 1. The van der Waals surface area contributed by atoms with Gasteiger partial charge in [0.05, 0.1) is 11.2 Å². The third kappa shape index (κ3) is 1.52. The fourth-order valence-corrected chi connectivity index (χ4v) is 5.03.